The lowest BCUT2D eigenvalue weighted by Crippen LogP contribution is -2.37. The van der Waals surface area contributed by atoms with Crippen molar-refractivity contribution in [1.82, 2.24) is 18.2 Å². The normalized spacial score (nSPS) is 19.6. The summed E-state index contributed by atoms with van der Waals surface area (Å²) in [5, 5.41) is -0.00834. The maximum atomic E-state index is 13.2. The first-order chi connectivity index (χ1) is 13.8. The molecule has 1 aromatic heterocycles. The third-order valence-electron chi connectivity index (χ3n) is 5.66. The van der Waals surface area contributed by atoms with Crippen LogP contribution in [0.15, 0.2) is 40.6 Å². The molecule has 0 unspecified atom stereocenters. The number of hydrogen-bond donors (Lipinski definition) is 0. The number of aryl methyl sites for hydroxylation is 3. The number of aromatic nitrogens is 2. The Bertz CT molecular complexity index is 1110. The van der Waals surface area contributed by atoms with Crippen LogP contribution in [-0.4, -0.2) is 61.2 Å². The summed E-state index contributed by atoms with van der Waals surface area (Å²) in [6, 6.07) is 5.42. The molecule has 4 rings (SSSR count). The molecule has 2 aromatic rings. The molecule has 0 saturated carbocycles. The van der Waals surface area contributed by atoms with Gasteiger partial charge in [0.1, 0.15) is 0 Å². The molecule has 29 heavy (non-hydrogen) atoms. The van der Waals surface area contributed by atoms with Gasteiger partial charge in [-0.3, -0.25) is 0 Å². The van der Waals surface area contributed by atoms with Crippen LogP contribution in [-0.2, 0) is 39.9 Å². The molecule has 0 spiro atoms. The van der Waals surface area contributed by atoms with Crippen molar-refractivity contribution in [2.24, 2.45) is 7.05 Å². The van der Waals surface area contributed by atoms with Crippen LogP contribution in [0.1, 0.15) is 30.4 Å². The largest absolute Gasteiger partial charge is 0.339 e. The highest BCUT2D eigenvalue weighted by atomic mass is 32.2. The Balaban J connectivity index is 1.53. The van der Waals surface area contributed by atoms with E-state index in [9.17, 15) is 16.8 Å². The Morgan fingerprint density at radius 1 is 0.828 bits per heavy atom. The van der Waals surface area contributed by atoms with Crippen LogP contribution in [0.5, 0.6) is 0 Å². The molecule has 2 heterocycles. The van der Waals surface area contributed by atoms with E-state index in [2.05, 4.69) is 4.98 Å². The molecule has 1 aromatic carbocycles. The van der Waals surface area contributed by atoms with E-state index in [4.69, 9.17) is 0 Å². The van der Waals surface area contributed by atoms with Crippen molar-refractivity contribution in [3.63, 3.8) is 0 Å². The van der Waals surface area contributed by atoms with Crippen molar-refractivity contribution >= 4 is 20.0 Å². The Labute approximate surface area is 172 Å². The molecule has 1 aliphatic carbocycles. The van der Waals surface area contributed by atoms with E-state index in [1.807, 2.05) is 6.07 Å². The highest BCUT2D eigenvalue weighted by Gasteiger charge is 2.33. The molecule has 1 fully saturated rings. The lowest BCUT2D eigenvalue weighted by atomic mass is 9.92. The number of benzene rings is 1. The van der Waals surface area contributed by atoms with Gasteiger partial charge in [0.05, 0.1) is 11.2 Å². The first-order valence-corrected chi connectivity index (χ1v) is 12.8. The van der Waals surface area contributed by atoms with E-state index in [0.717, 1.165) is 31.2 Å². The van der Waals surface area contributed by atoms with Gasteiger partial charge in [-0.25, -0.2) is 21.8 Å². The molecule has 2 aliphatic rings. The Kier molecular flexibility index (Phi) is 5.54. The van der Waals surface area contributed by atoms with Crippen molar-refractivity contribution in [1.29, 1.82) is 0 Å². The van der Waals surface area contributed by atoms with Crippen LogP contribution in [0, 0.1) is 0 Å². The topological polar surface area (TPSA) is 92.6 Å². The quantitative estimate of drug-likeness (QED) is 0.719. The van der Waals surface area contributed by atoms with Crippen molar-refractivity contribution in [2.75, 3.05) is 26.2 Å². The van der Waals surface area contributed by atoms with Crippen LogP contribution in [0.25, 0.3) is 0 Å². The number of nitrogens with zero attached hydrogens (tertiary/aromatic N) is 4. The van der Waals surface area contributed by atoms with Gasteiger partial charge in [0, 0.05) is 39.4 Å². The van der Waals surface area contributed by atoms with E-state index in [1.165, 1.54) is 26.7 Å². The summed E-state index contributed by atoms with van der Waals surface area (Å²) in [6.07, 6.45) is 7.48. The standard InChI is InChI=1S/C19H26N4O4S2/c1-21-14-19(20-15-21)29(26,27)23-10-4-9-22(11-12-23)28(24,25)18-8-7-16-5-2-3-6-17(16)13-18/h7-8,13-15H,2-6,9-12H2,1H3. The molecule has 10 heteroatoms. The second-order valence-electron chi connectivity index (χ2n) is 7.68. The highest BCUT2D eigenvalue weighted by molar-refractivity contribution is 7.89. The fourth-order valence-corrected chi connectivity index (χ4v) is 6.98. The predicted molar refractivity (Wildman–Crippen MR) is 108 cm³/mol. The van der Waals surface area contributed by atoms with Crippen molar-refractivity contribution in [3.8, 4) is 0 Å². The minimum Gasteiger partial charge on any atom is -0.339 e. The molecule has 8 nitrogen and oxygen atoms in total. The Morgan fingerprint density at radius 2 is 1.48 bits per heavy atom. The lowest BCUT2D eigenvalue weighted by molar-refractivity contribution is 0.403. The van der Waals surface area contributed by atoms with Gasteiger partial charge in [-0.15, -0.1) is 0 Å². The molecular formula is C19H26N4O4S2. The summed E-state index contributed by atoms with van der Waals surface area (Å²) < 4.78 is 56.4. The molecule has 0 amide bonds. The summed E-state index contributed by atoms with van der Waals surface area (Å²) in [4.78, 5) is 4.26. The monoisotopic (exact) mass is 438 g/mol. The minimum atomic E-state index is -3.73. The van der Waals surface area contributed by atoms with E-state index in [0.29, 0.717) is 17.9 Å². The van der Waals surface area contributed by atoms with Gasteiger partial charge in [-0.1, -0.05) is 6.07 Å². The average molecular weight is 439 g/mol. The zero-order chi connectivity index (χ0) is 20.6. The third-order valence-corrected chi connectivity index (χ3v) is 9.34. The van der Waals surface area contributed by atoms with Crippen molar-refractivity contribution < 1.29 is 16.8 Å². The summed E-state index contributed by atoms with van der Waals surface area (Å²) >= 11 is 0. The average Bonchev–Trinajstić information content (AvgIpc) is 2.99. The smallest absolute Gasteiger partial charge is 0.262 e. The van der Waals surface area contributed by atoms with Gasteiger partial charge in [0.15, 0.2) is 5.03 Å². The number of fused-ring (bicyclic) bond motifs is 1. The van der Waals surface area contributed by atoms with Crippen molar-refractivity contribution in [3.05, 3.63) is 41.9 Å². The van der Waals surface area contributed by atoms with E-state index >= 15 is 0 Å². The first-order valence-electron chi connectivity index (χ1n) is 9.88. The second-order valence-corrected chi connectivity index (χ2v) is 11.5. The van der Waals surface area contributed by atoms with Crippen LogP contribution >= 0.6 is 0 Å². The molecule has 0 bridgehead atoms. The summed E-state index contributed by atoms with van der Waals surface area (Å²) in [7, 11) is -5.68. The maximum absolute atomic E-state index is 13.2. The van der Waals surface area contributed by atoms with Gasteiger partial charge in [-0.05, 0) is 55.4 Å². The van der Waals surface area contributed by atoms with Crippen LogP contribution < -0.4 is 0 Å². The Hall–Kier alpha value is -1.75. The summed E-state index contributed by atoms with van der Waals surface area (Å²) in [5.41, 5.74) is 2.35. The maximum Gasteiger partial charge on any atom is 0.262 e. The number of hydrogen-bond acceptors (Lipinski definition) is 5. The molecule has 1 saturated heterocycles. The predicted octanol–water partition coefficient (Wildman–Crippen LogP) is 1.38. The van der Waals surface area contributed by atoms with E-state index in [-0.39, 0.29) is 24.7 Å². The Morgan fingerprint density at radius 3 is 2.14 bits per heavy atom. The highest BCUT2D eigenvalue weighted by Crippen LogP contribution is 2.26. The minimum absolute atomic E-state index is 0.00834. The number of imidazole rings is 1. The van der Waals surface area contributed by atoms with Crippen LogP contribution in [0.2, 0.25) is 0 Å². The van der Waals surface area contributed by atoms with Crippen LogP contribution in [0.4, 0.5) is 0 Å². The van der Waals surface area contributed by atoms with E-state index in [1.54, 1.807) is 23.7 Å². The fourth-order valence-electron chi connectivity index (χ4n) is 4.02. The molecule has 0 N–H and O–H groups in total. The number of rotatable bonds is 4. The van der Waals surface area contributed by atoms with Gasteiger partial charge < -0.3 is 4.57 Å². The molecule has 0 atom stereocenters. The van der Waals surface area contributed by atoms with Gasteiger partial charge in [0.2, 0.25) is 10.0 Å². The van der Waals surface area contributed by atoms with Crippen LogP contribution in [0.3, 0.4) is 0 Å². The third kappa shape index (κ3) is 3.98. The van der Waals surface area contributed by atoms with Gasteiger partial charge >= 0.3 is 0 Å². The van der Waals surface area contributed by atoms with Gasteiger partial charge in [-0.2, -0.15) is 8.61 Å². The zero-order valence-corrected chi connectivity index (χ0v) is 18.1. The molecule has 0 radical (unpaired) electrons. The first kappa shape index (κ1) is 20.5. The van der Waals surface area contributed by atoms with Crippen molar-refractivity contribution in [2.45, 2.75) is 42.0 Å². The number of sulfonamides is 2. The lowest BCUT2D eigenvalue weighted by Gasteiger charge is -2.22. The SMILES string of the molecule is Cn1cnc(S(=O)(=O)N2CCCN(S(=O)(=O)c3ccc4c(c3)CCCC4)CC2)c1. The molecular weight excluding hydrogens is 412 g/mol. The summed E-state index contributed by atoms with van der Waals surface area (Å²) in [5.74, 6) is 0. The fraction of sp³-hybridized carbons (Fsp3) is 0.526. The second kappa shape index (κ2) is 7.82. The zero-order valence-electron chi connectivity index (χ0n) is 16.5. The molecule has 1 aliphatic heterocycles. The van der Waals surface area contributed by atoms with E-state index < -0.39 is 20.0 Å². The summed E-state index contributed by atoms with van der Waals surface area (Å²) in [6.45, 7) is 0.817. The van der Waals surface area contributed by atoms with Gasteiger partial charge in [0.25, 0.3) is 10.0 Å². The molecule has 158 valence electrons.